The highest BCUT2D eigenvalue weighted by atomic mass is 32.1. The normalized spacial score (nSPS) is 18.4. The second-order valence-corrected chi connectivity index (χ2v) is 11.3. The summed E-state index contributed by atoms with van der Waals surface area (Å²) in [5.74, 6) is -1.58. The van der Waals surface area contributed by atoms with Crippen molar-refractivity contribution in [1.82, 2.24) is 19.8 Å². The number of nitrogens with zero attached hydrogens (tertiary/aromatic N) is 4. The van der Waals surface area contributed by atoms with E-state index in [9.17, 15) is 14.4 Å². The van der Waals surface area contributed by atoms with Gasteiger partial charge in [0.1, 0.15) is 5.56 Å². The molecule has 1 aliphatic heterocycles. The van der Waals surface area contributed by atoms with Gasteiger partial charge in [-0.1, -0.05) is 19.9 Å². The van der Waals surface area contributed by atoms with E-state index >= 15 is 0 Å². The average Bonchev–Trinajstić information content (AvgIpc) is 3.31. The van der Waals surface area contributed by atoms with E-state index in [0.717, 1.165) is 40.2 Å². The topological polar surface area (TPSA) is 131 Å². The monoisotopic (exact) mass is 538 g/mol. The number of nitrogens with one attached hydrogen (secondary N) is 1. The Morgan fingerprint density at radius 1 is 1.26 bits per heavy atom. The smallest absolute Gasteiger partial charge is 0.313 e. The largest absolute Gasteiger partial charge is 0.480 e. The number of thiazole rings is 1. The van der Waals surface area contributed by atoms with Crippen molar-refractivity contribution in [2.75, 3.05) is 39.6 Å². The van der Waals surface area contributed by atoms with Crippen LogP contribution in [0.15, 0.2) is 30.5 Å². The number of primary amides is 1. The maximum Gasteiger partial charge on any atom is 0.313 e. The molecule has 1 fully saturated rings. The minimum absolute atomic E-state index is 0.0121. The number of anilines is 1. The molecular weight excluding hydrogens is 504 g/mol. The lowest BCUT2D eigenvalue weighted by molar-refractivity contribution is -0.146. The molecule has 38 heavy (non-hydrogen) atoms. The van der Waals surface area contributed by atoms with E-state index in [1.807, 2.05) is 12.1 Å². The van der Waals surface area contributed by atoms with Crippen LogP contribution < -0.4 is 15.8 Å². The molecule has 11 heteroatoms. The number of nitrogens with two attached hydrogens (primary N) is 1. The molecule has 0 saturated carbocycles. The average molecular weight is 539 g/mol. The number of piperidine rings is 1. The highest BCUT2D eigenvalue weighted by molar-refractivity contribution is 7.18. The zero-order valence-electron chi connectivity index (χ0n) is 22.4. The summed E-state index contributed by atoms with van der Waals surface area (Å²) in [6.45, 7) is 5.62. The van der Waals surface area contributed by atoms with Crippen LogP contribution in [0.2, 0.25) is 0 Å². The number of likely N-dealkylation sites (N-methyl/N-ethyl adjacent to an activating group) is 1. The quantitative estimate of drug-likeness (QED) is 0.441. The molecule has 1 aromatic carbocycles. The lowest BCUT2D eigenvalue weighted by Crippen LogP contribution is -2.46. The molecule has 0 aliphatic carbocycles. The second kappa shape index (κ2) is 11.4. The molecule has 1 saturated heterocycles. The first-order valence-corrected chi connectivity index (χ1v) is 13.4. The SMILES string of the molecule is COc1ncc(NC(=O)C(=O)N2C[C@@H](C)CC[C@@H]2c2ccc3sc([C@@H](C)CN(C)C)nc3c2)cc1C(N)=O. The van der Waals surface area contributed by atoms with Crippen LogP contribution in [0, 0.1) is 5.92 Å². The van der Waals surface area contributed by atoms with E-state index in [2.05, 4.69) is 49.2 Å². The third-order valence-electron chi connectivity index (χ3n) is 6.71. The molecule has 3 heterocycles. The predicted molar refractivity (Wildman–Crippen MR) is 147 cm³/mol. The fraction of sp³-hybridized carbons (Fsp3) is 0.444. The molecule has 202 valence electrons. The highest BCUT2D eigenvalue weighted by Crippen LogP contribution is 2.36. The number of hydrogen-bond acceptors (Lipinski definition) is 8. The van der Waals surface area contributed by atoms with Crippen LogP contribution in [-0.2, 0) is 9.59 Å². The van der Waals surface area contributed by atoms with Crippen LogP contribution in [0.4, 0.5) is 5.69 Å². The standard InChI is InChI=1S/C27H34N6O4S/c1-15-6-8-21(17-7-9-22-20(10-17)31-26(38-22)16(2)14-32(3)4)33(13-15)27(36)24(35)30-18-11-19(23(28)34)25(37-5)29-12-18/h7,9-12,15-16,21H,6,8,13-14H2,1-5H3,(H2,28,34)(H,30,35)/t15-,16-,21+/m0/s1. The van der Waals surface area contributed by atoms with Gasteiger partial charge in [-0.05, 0) is 56.6 Å². The molecule has 0 unspecified atom stereocenters. The van der Waals surface area contributed by atoms with Gasteiger partial charge in [0.05, 0.1) is 40.3 Å². The molecule has 0 bridgehead atoms. The lowest BCUT2D eigenvalue weighted by Gasteiger charge is -2.38. The first-order chi connectivity index (χ1) is 18.1. The summed E-state index contributed by atoms with van der Waals surface area (Å²) < 4.78 is 6.14. The number of amides is 3. The minimum atomic E-state index is -0.805. The van der Waals surface area contributed by atoms with Gasteiger partial charge in [-0.3, -0.25) is 14.4 Å². The fourth-order valence-electron chi connectivity index (χ4n) is 4.90. The molecule has 1 aliphatic rings. The van der Waals surface area contributed by atoms with Gasteiger partial charge in [-0.2, -0.15) is 0 Å². The molecule has 0 radical (unpaired) electrons. The van der Waals surface area contributed by atoms with Crippen molar-refractivity contribution in [2.45, 2.75) is 38.6 Å². The van der Waals surface area contributed by atoms with Gasteiger partial charge in [-0.25, -0.2) is 9.97 Å². The summed E-state index contributed by atoms with van der Waals surface area (Å²) in [4.78, 5) is 50.8. The van der Waals surface area contributed by atoms with E-state index in [1.165, 1.54) is 19.4 Å². The van der Waals surface area contributed by atoms with E-state index in [0.29, 0.717) is 12.5 Å². The number of aromatic nitrogens is 2. The van der Waals surface area contributed by atoms with E-state index in [1.54, 1.807) is 16.2 Å². The lowest BCUT2D eigenvalue weighted by atomic mass is 9.89. The molecule has 3 amide bonds. The number of fused-ring (bicyclic) bond motifs is 1. The van der Waals surface area contributed by atoms with Crippen molar-refractivity contribution < 1.29 is 19.1 Å². The van der Waals surface area contributed by atoms with Gasteiger partial charge in [0.25, 0.3) is 5.91 Å². The van der Waals surface area contributed by atoms with Gasteiger partial charge >= 0.3 is 11.8 Å². The number of pyridine rings is 1. The van der Waals surface area contributed by atoms with Crippen LogP contribution in [-0.4, -0.2) is 71.8 Å². The highest BCUT2D eigenvalue weighted by Gasteiger charge is 2.34. The zero-order chi connectivity index (χ0) is 27.6. The van der Waals surface area contributed by atoms with Crippen molar-refractivity contribution in [3.05, 3.63) is 46.6 Å². The Kier molecular flexibility index (Phi) is 8.27. The summed E-state index contributed by atoms with van der Waals surface area (Å²) in [5, 5.41) is 3.64. The first kappa shape index (κ1) is 27.5. The molecular formula is C27H34N6O4S. The number of carbonyl (C=O) groups excluding carboxylic acids is 3. The van der Waals surface area contributed by atoms with Crippen molar-refractivity contribution in [3.63, 3.8) is 0 Å². The number of carbonyl (C=O) groups is 3. The number of hydrogen-bond donors (Lipinski definition) is 2. The van der Waals surface area contributed by atoms with Crippen molar-refractivity contribution in [1.29, 1.82) is 0 Å². The Bertz CT molecular complexity index is 1360. The van der Waals surface area contributed by atoms with Crippen molar-refractivity contribution >= 4 is 45.0 Å². The molecule has 3 N–H and O–H groups in total. The number of methoxy groups -OCH3 is 1. The minimum Gasteiger partial charge on any atom is -0.480 e. The van der Waals surface area contributed by atoms with E-state index in [-0.39, 0.29) is 29.1 Å². The third-order valence-corrected chi connectivity index (χ3v) is 7.98. The Morgan fingerprint density at radius 2 is 2.03 bits per heavy atom. The summed E-state index contributed by atoms with van der Waals surface area (Å²) in [6, 6.07) is 7.24. The summed E-state index contributed by atoms with van der Waals surface area (Å²) >= 11 is 1.69. The maximum atomic E-state index is 13.4. The van der Waals surface area contributed by atoms with Crippen LogP contribution in [0.5, 0.6) is 5.88 Å². The van der Waals surface area contributed by atoms with Gasteiger partial charge in [0.2, 0.25) is 5.88 Å². The number of ether oxygens (including phenoxy) is 1. The van der Waals surface area contributed by atoms with E-state index in [4.69, 9.17) is 15.5 Å². The van der Waals surface area contributed by atoms with Crippen molar-refractivity contribution in [2.24, 2.45) is 11.7 Å². The number of rotatable bonds is 7. The molecule has 3 aromatic rings. The Hall–Kier alpha value is -3.57. The molecule has 0 spiro atoms. The van der Waals surface area contributed by atoms with Gasteiger partial charge in [-0.15, -0.1) is 11.3 Å². The van der Waals surface area contributed by atoms with Gasteiger partial charge in [0, 0.05) is 19.0 Å². The van der Waals surface area contributed by atoms with Gasteiger partial charge in [0.15, 0.2) is 0 Å². The molecule has 10 nitrogen and oxygen atoms in total. The maximum absolute atomic E-state index is 13.4. The van der Waals surface area contributed by atoms with Crippen LogP contribution >= 0.6 is 11.3 Å². The Labute approximate surface area is 226 Å². The summed E-state index contributed by atoms with van der Waals surface area (Å²) in [5.41, 5.74) is 7.46. The summed E-state index contributed by atoms with van der Waals surface area (Å²) in [7, 11) is 5.47. The molecule has 3 atom stereocenters. The van der Waals surface area contributed by atoms with Gasteiger partial charge < -0.3 is 25.6 Å². The first-order valence-electron chi connectivity index (χ1n) is 12.6. The Balaban J connectivity index is 1.56. The van der Waals surface area contributed by atoms with Crippen LogP contribution in [0.25, 0.3) is 10.2 Å². The number of likely N-dealkylation sites (tertiary alicyclic amines) is 1. The summed E-state index contributed by atoms with van der Waals surface area (Å²) in [6.07, 6.45) is 3.01. The fourth-order valence-corrected chi connectivity index (χ4v) is 5.89. The number of benzene rings is 1. The second-order valence-electron chi connectivity index (χ2n) is 10.2. The van der Waals surface area contributed by atoms with Crippen LogP contribution in [0.3, 0.4) is 0 Å². The third kappa shape index (κ3) is 5.94. The molecule has 2 aromatic heterocycles. The predicted octanol–water partition coefficient (Wildman–Crippen LogP) is 3.40. The zero-order valence-corrected chi connectivity index (χ0v) is 23.2. The van der Waals surface area contributed by atoms with Crippen LogP contribution in [0.1, 0.15) is 59.6 Å². The van der Waals surface area contributed by atoms with Crippen molar-refractivity contribution in [3.8, 4) is 5.88 Å². The van der Waals surface area contributed by atoms with E-state index < -0.39 is 17.7 Å². The molecule has 4 rings (SSSR count). The Morgan fingerprint density at radius 3 is 2.71 bits per heavy atom.